The number of rotatable bonds is 4. The molecule has 0 heterocycles. The van der Waals surface area contributed by atoms with Gasteiger partial charge in [-0.15, -0.1) is 0 Å². The van der Waals surface area contributed by atoms with E-state index in [1.54, 1.807) is 0 Å². The maximum Gasteiger partial charge on any atom is 0.416 e. The van der Waals surface area contributed by atoms with Gasteiger partial charge in [-0.3, -0.25) is 0 Å². The molecule has 1 aromatic rings. The highest BCUT2D eigenvalue weighted by Gasteiger charge is 2.33. The van der Waals surface area contributed by atoms with Crippen molar-refractivity contribution in [3.8, 4) is 5.75 Å². The van der Waals surface area contributed by atoms with Crippen molar-refractivity contribution in [3.63, 3.8) is 0 Å². The lowest BCUT2D eigenvalue weighted by atomic mass is 9.85. The Bertz CT molecular complexity index is 473. The first-order valence-corrected chi connectivity index (χ1v) is 7.50. The average molecular weight is 301 g/mol. The number of hydrogen-bond acceptors (Lipinski definition) is 2. The predicted octanol–water partition coefficient (Wildman–Crippen LogP) is 4.51. The van der Waals surface area contributed by atoms with E-state index in [4.69, 9.17) is 10.5 Å². The summed E-state index contributed by atoms with van der Waals surface area (Å²) < 4.78 is 44.4. The molecule has 1 aliphatic carbocycles. The van der Waals surface area contributed by atoms with E-state index in [2.05, 4.69) is 6.92 Å². The molecule has 0 amide bonds. The van der Waals surface area contributed by atoms with Gasteiger partial charge in [0, 0.05) is 6.54 Å². The van der Waals surface area contributed by atoms with Crippen molar-refractivity contribution in [2.75, 3.05) is 0 Å². The van der Waals surface area contributed by atoms with E-state index in [0.717, 1.165) is 31.7 Å². The summed E-state index contributed by atoms with van der Waals surface area (Å²) in [6.45, 7) is 2.02. The Morgan fingerprint density at radius 1 is 1.29 bits per heavy atom. The van der Waals surface area contributed by atoms with Crippen LogP contribution < -0.4 is 10.5 Å². The van der Waals surface area contributed by atoms with Crippen LogP contribution in [0.5, 0.6) is 5.75 Å². The van der Waals surface area contributed by atoms with Gasteiger partial charge in [0.15, 0.2) is 0 Å². The summed E-state index contributed by atoms with van der Waals surface area (Å²) in [7, 11) is 0. The third-order valence-corrected chi connectivity index (χ3v) is 4.22. The molecule has 0 spiro atoms. The van der Waals surface area contributed by atoms with E-state index in [1.807, 2.05) is 0 Å². The second-order valence-corrected chi connectivity index (χ2v) is 5.70. The Labute approximate surface area is 123 Å². The number of benzene rings is 1. The standard InChI is InChI=1S/C16H22F3NO/c1-2-11-4-3-5-13(8-11)21-14-6-7-15(16(17,18)19)12(9-14)10-20/h6-7,9,11,13H,2-5,8,10,20H2,1H3. The number of hydrogen-bond donors (Lipinski definition) is 1. The summed E-state index contributed by atoms with van der Waals surface area (Å²) in [5, 5.41) is 0. The molecule has 2 N–H and O–H groups in total. The van der Waals surface area contributed by atoms with E-state index in [1.165, 1.54) is 18.6 Å². The molecule has 0 saturated heterocycles. The Morgan fingerprint density at radius 2 is 2.05 bits per heavy atom. The molecule has 1 aromatic carbocycles. The van der Waals surface area contributed by atoms with Crippen LogP contribution in [0.15, 0.2) is 18.2 Å². The molecule has 2 nitrogen and oxygen atoms in total. The van der Waals surface area contributed by atoms with Gasteiger partial charge in [-0.2, -0.15) is 13.2 Å². The highest BCUT2D eigenvalue weighted by atomic mass is 19.4. The highest BCUT2D eigenvalue weighted by Crippen LogP contribution is 2.35. The van der Waals surface area contributed by atoms with Gasteiger partial charge in [-0.05, 0) is 48.9 Å². The quantitative estimate of drug-likeness (QED) is 0.888. The molecular formula is C16H22F3NO. The van der Waals surface area contributed by atoms with Crippen LogP contribution in [-0.4, -0.2) is 6.10 Å². The fourth-order valence-corrected chi connectivity index (χ4v) is 3.00. The molecule has 2 atom stereocenters. The van der Waals surface area contributed by atoms with Crippen molar-refractivity contribution in [1.29, 1.82) is 0 Å². The van der Waals surface area contributed by atoms with Crippen molar-refractivity contribution < 1.29 is 17.9 Å². The van der Waals surface area contributed by atoms with Crippen molar-refractivity contribution >= 4 is 0 Å². The topological polar surface area (TPSA) is 35.2 Å². The zero-order valence-electron chi connectivity index (χ0n) is 12.2. The first-order valence-electron chi connectivity index (χ1n) is 7.50. The minimum atomic E-state index is -4.37. The van der Waals surface area contributed by atoms with Crippen LogP contribution in [0.4, 0.5) is 13.2 Å². The fraction of sp³-hybridized carbons (Fsp3) is 0.625. The van der Waals surface area contributed by atoms with Crippen molar-refractivity contribution in [3.05, 3.63) is 29.3 Å². The van der Waals surface area contributed by atoms with Gasteiger partial charge in [0.1, 0.15) is 5.75 Å². The summed E-state index contributed by atoms with van der Waals surface area (Å²) in [5.41, 5.74) is 4.85. The highest BCUT2D eigenvalue weighted by molar-refractivity contribution is 5.37. The zero-order chi connectivity index (χ0) is 15.5. The molecule has 2 unspecified atom stereocenters. The molecule has 1 saturated carbocycles. The normalized spacial score (nSPS) is 23.1. The molecule has 1 aliphatic rings. The van der Waals surface area contributed by atoms with Crippen LogP contribution in [0.2, 0.25) is 0 Å². The monoisotopic (exact) mass is 301 g/mol. The van der Waals surface area contributed by atoms with Gasteiger partial charge in [-0.25, -0.2) is 0 Å². The van der Waals surface area contributed by atoms with Gasteiger partial charge in [0.25, 0.3) is 0 Å². The van der Waals surface area contributed by atoms with Crippen LogP contribution in [0.3, 0.4) is 0 Å². The third kappa shape index (κ3) is 4.13. The Hall–Kier alpha value is -1.23. The smallest absolute Gasteiger partial charge is 0.416 e. The lowest BCUT2D eigenvalue weighted by Crippen LogP contribution is -2.25. The van der Waals surface area contributed by atoms with Gasteiger partial charge < -0.3 is 10.5 Å². The minimum Gasteiger partial charge on any atom is -0.490 e. The predicted molar refractivity (Wildman–Crippen MR) is 76.0 cm³/mol. The van der Waals surface area contributed by atoms with Crippen LogP contribution in [0.25, 0.3) is 0 Å². The van der Waals surface area contributed by atoms with E-state index in [-0.39, 0.29) is 18.2 Å². The molecule has 5 heteroatoms. The van der Waals surface area contributed by atoms with E-state index in [0.29, 0.717) is 11.7 Å². The molecule has 118 valence electrons. The second-order valence-electron chi connectivity index (χ2n) is 5.70. The van der Waals surface area contributed by atoms with Crippen LogP contribution in [-0.2, 0) is 12.7 Å². The molecule has 0 radical (unpaired) electrons. The maximum absolute atomic E-state index is 12.8. The minimum absolute atomic E-state index is 0.0860. The molecular weight excluding hydrogens is 279 g/mol. The Balaban J connectivity index is 2.10. The van der Waals surface area contributed by atoms with Gasteiger partial charge in [0.2, 0.25) is 0 Å². The summed E-state index contributed by atoms with van der Waals surface area (Å²) >= 11 is 0. The number of alkyl halides is 3. The number of nitrogens with two attached hydrogens (primary N) is 1. The summed E-state index contributed by atoms with van der Waals surface area (Å²) in [6, 6.07) is 3.90. The largest absolute Gasteiger partial charge is 0.490 e. The fourth-order valence-electron chi connectivity index (χ4n) is 3.00. The van der Waals surface area contributed by atoms with Crippen LogP contribution >= 0.6 is 0 Å². The molecule has 2 rings (SSSR count). The first kappa shape index (κ1) is 16.1. The lowest BCUT2D eigenvalue weighted by Gasteiger charge is -2.29. The van der Waals surface area contributed by atoms with Crippen LogP contribution in [0, 0.1) is 5.92 Å². The van der Waals surface area contributed by atoms with Crippen molar-refractivity contribution in [2.24, 2.45) is 11.7 Å². The average Bonchev–Trinajstić information content (AvgIpc) is 2.46. The summed E-state index contributed by atoms with van der Waals surface area (Å²) in [4.78, 5) is 0. The van der Waals surface area contributed by atoms with Gasteiger partial charge in [-0.1, -0.05) is 19.8 Å². The molecule has 0 aliphatic heterocycles. The van der Waals surface area contributed by atoms with Gasteiger partial charge >= 0.3 is 6.18 Å². The van der Waals surface area contributed by atoms with E-state index >= 15 is 0 Å². The Morgan fingerprint density at radius 3 is 2.67 bits per heavy atom. The second kappa shape index (κ2) is 6.69. The summed E-state index contributed by atoms with van der Waals surface area (Å²) in [6.07, 6.45) is 1.15. The summed E-state index contributed by atoms with van der Waals surface area (Å²) in [5.74, 6) is 1.15. The van der Waals surface area contributed by atoms with E-state index < -0.39 is 11.7 Å². The van der Waals surface area contributed by atoms with Gasteiger partial charge in [0.05, 0.1) is 11.7 Å². The SMILES string of the molecule is CCC1CCCC(Oc2ccc(C(F)(F)F)c(CN)c2)C1. The third-order valence-electron chi connectivity index (χ3n) is 4.22. The molecule has 21 heavy (non-hydrogen) atoms. The zero-order valence-corrected chi connectivity index (χ0v) is 12.2. The molecule has 0 bridgehead atoms. The Kier molecular flexibility index (Phi) is 5.14. The number of ether oxygens (including phenoxy) is 1. The maximum atomic E-state index is 12.8. The first-order chi connectivity index (χ1) is 9.94. The number of halogens is 3. The van der Waals surface area contributed by atoms with Crippen molar-refractivity contribution in [2.45, 2.75) is 57.9 Å². The van der Waals surface area contributed by atoms with E-state index in [9.17, 15) is 13.2 Å². The van der Waals surface area contributed by atoms with Crippen molar-refractivity contribution in [1.82, 2.24) is 0 Å². The molecule has 0 aromatic heterocycles. The van der Waals surface area contributed by atoms with Crippen LogP contribution in [0.1, 0.15) is 50.2 Å². The lowest BCUT2D eigenvalue weighted by molar-refractivity contribution is -0.138. The molecule has 1 fully saturated rings.